The van der Waals surface area contributed by atoms with E-state index in [4.69, 9.17) is 9.84 Å². The number of hydrogen-bond acceptors (Lipinski definition) is 4. The first-order valence-corrected chi connectivity index (χ1v) is 7.60. The number of aryl methyl sites for hydroxylation is 2. The molecule has 2 N–H and O–H groups in total. The number of carbonyl (C=O) groups excluding carboxylic acids is 1. The van der Waals surface area contributed by atoms with Crippen LogP contribution in [0.5, 0.6) is 0 Å². The third kappa shape index (κ3) is 4.20. The van der Waals surface area contributed by atoms with Gasteiger partial charge in [-0.25, -0.2) is 9.48 Å². The predicted molar refractivity (Wildman–Crippen MR) is 88.6 cm³/mol. The van der Waals surface area contributed by atoms with Crippen LogP contribution in [-0.2, 0) is 9.53 Å². The Bertz CT molecular complexity index is 752. The number of carboxylic acids is 1. The highest BCUT2D eigenvalue weighted by Crippen LogP contribution is 2.19. The number of carbonyl (C=O) groups is 2. The third-order valence-electron chi connectivity index (χ3n) is 3.60. The zero-order chi connectivity index (χ0) is 17.7. The van der Waals surface area contributed by atoms with Gasteiger partial charge in [0.05, 0.1) is 29.7 Å². The van der Waals surface area contributed by atoms with Gasteiger partial charge in [0.2, 0.25) is 0 Å². The average molecular weight is 331 g/mol. The SMILES string of the molecule is Cc1ccc(C)c(-n2ncc(C(=O)NCCOCC(=O)O)c2C)c1. The second-order valence-corrected chi connectivity index (χ2v) is 5.55. The maximum absolute atomic E-state index is 12.2. The van der Waals surface area contributed by atoms with Gasteiger partial charge in [0.25, 0.3) is 5.91 Å². The number of hydrogen-bond donors (Lipinski definition) is 2. The molecule has 0 saturated heterocycles. The van der Waals surface area contributed by atoms with E-state index < -0.39 is 5.97 Å². The van der Waals surface area contributed by atoms with E-state index in [0.717, 1.165) is 22.5 Å². The molecule has 0 saturated carbocycles. The van der Waals surface area contributed by atoms with E-state index >= 15 is 0 Å². The molecule has 24 heavy (non-hydrogen) atoms. The Labute approximate surface area is 140 Å². The molecule has 0 unspecified atom stereocenters. The molecule has 2 rings (SSSR count). The maximum Gasteiger partial charge on any atom is 0.329 e. The highest BCUT2D eigenvalue weighted by molar-refractivity contribution is 5.95. The molecule has 1 heterocycles. The van der Waals surface area contributed by atoms with Gasteiger partial charge in [-0.2, -0.15) is 5.10 Å². The smallest absolute Gasteiger partial charge is 0.329 e. The van der Waals surface area contributed by atoms with Crippen molar-refractivity contribution in [2.45, 2.75) is 20.8 Å². The molecule has 0 spiro atoms. The fraction of sp³-hybridized carbons (Fsp3) is 0.353. The van der Waals surface area contributed by atoms with Gasteiger partial charge in [-0.15, -0.1) is 0 Å². The number of nitrogens with one attached hydrogen (secondary N) is 1. The average Bonchev–Trinajstić information content (AvgIpc) is 2.90. The molecule has 1 aromatic carbocycles. The van der Waals surface area contributed by atoms with Crippen LogP contribution in [0.3, 0.4) is 0 Å². The summed E-state index contributed by atoms with van der Waals surface area (Å²) < 4.78 is 6.63. The Hall–Kier alpha value is -2.67. The van der Waals surface area contributed by atoms with E-state index in [1.165, 1.54) is 6.20 Å². The summed E-state index contributed by atoms with van der Waals surface area (Å²) in [4.78, 5) is 22.6. The number of aliphatic carboxylic acids is 1. The zero-order valence-corrected chi connectivity index (χ0v) is 14.0. The molecule has 0 aliphatic rings. The first-order chi connectivity index (χ1) is 11.4. The van der Waals surface area contributed by atoms with Gasteiger partial charge in [0, 0.05) is 6.54 Å². The Morgan fingerprint density at radius 1 is 1.29 bits per heavy atom. The summed E-state index contributed by atoms with van der Waals surface area (Å²) in [5.41, 5.74) is 4.35. The minimum Gasteiger partial charge on any atom is -0.480 e. The first-order valence-electron chi connectivity index (χ1n) is 7.60. The molecule has 0 bridgehead atoms. The lowest BCUT2D eigenvalue weighted by atomic mass is 10.1. The van der Waals surface area contributed by atoms with Crippen LogP contribution in [-0.4, -0.2) is 46.5 Å². The third-order valence-corrected chi connectivity index (χ3v) is 3.60. The Balaban J connectivity index is 2.05. The molecule has 1 aromatic heterocycles. The van der Waals surface area contributed by atoms with Gasteiger partial charge in [-0.05, 0) is 38.0 Å². The highest BCUT2D eigenvalue weighted by atomic mass is 16.5. The number of carboxylic acid groups (broad SMARTS) is 1. The van der Waals surface area contributed by atoms with Gasteiger partial charge in [0.15, 0.2) is 0 Å². The van der Waals surface area contributed by atoms with Gasteiger partial charge in [-0.1, -0.05) is 12.1 Å². The van der Waals surface area contributed by atoms with Crippen LogP contribution in [0, 0.1) is 20.8 Å². The van der Waals surface area contributed by atoms with E-state index in [2.05, 4.69) is 10.4 Å². The molecule has 0 aliphatic carbocycles. The standard InChI is InChI=1S/C17H21N3O4/c1-11-4-5-12(2)15(8-11)20-13(3)14(9-19-20)17(23)18-6-7-24-10-16(21)22/h4-5,8-9H,6-7,10H2,1-3H3,(H,18,23)(H,21,22). The maximum atomic E-state index is 12.2. The second-order valence-electron chi connectivity index (χ2n) is 5.55. The van der Waals surface area contributed by atoms with E-state index in [1.807, 2.05) is 39.0 Å². The van der Waals surface area contributed by atoms with Gasteiger partial charge < -0.3 is 15.2 Å². The minimum absolute atomic E-state index is 0.141. The molecule has 1 amide bonds. The number of ether oxygens (including phenoxy) is 1. The lowest BCUT2D eigenvalue weighted by molar-refractivity contribution is -0.142. The van der Waals surface area contributed by atoms with Crippen LogP contribution in [0.15, 0.2) is 24.4 Å². The van der Waals surface area contributed by atoms with Crippen molar-refractivity contribution >= 4 is 11.9 Å². The predicted octanol–water partition coefficient (Wildman–Crippen LogP) is 1.63. The van der Waals surface area contributed by atoms with E-state index in [9.17, 15) is 9.59 Å². The van der Waals surface area contributed by atoms with Gasteiger partial charge in [-0.3, -0.25) is 4.79 Å². The summed E-state index contributed by atoms with van der Waals surface area (Å²) in [7, 11) is 0. The summed E-state index contributed by atoms with van der Waals surface area (Å²) in [5, 5.41) is 15.5. The van der Waals surface area contributed by atoms with Gasteiger partial charge >= 0.3 is 5.97 Å². The Morgan fingerprint density at radius 2 is 2.04 bits per heavy atom. The van der Waals surface area contributed by atoms with Crippen LogP contribution >= 0.6 is 0 Å². The fourth-order valence-electron chi connectivity index (χ4n) is 2.31. The number of nitrogens with zero attached hydrogens (tertiary/aromatic N) is 2. The van der Waals surface area contributed by atoms with E-state index in [1.54, 1.807) is 4.68 Å². The van der Waals surface area contributed by atoms with Crippen molar-refractivity contribution in [1.29, 1.82) is 0 Å². The normalized spacial score (nSPS) is 10.6. The summed E-state index contributed by atoms with van der Waals surface area (Å²) in [6, 6.07) is 6.07. The van der Waals surface area contributed by atoms with Crippen molar-refractivity contribution in [3.05, 3.63) is 46.8 Å². The van der Waals surface area contributed by atoms with Crippen LogP contribution in [0.25, 0.3) is 5.69 Å². The van der Waals surface area contributed by atoms with Crippen molar-refractivity contribution in [3.63, 3.8) is 0 Å². The molecule has 128 valence electrons. The molecule has 0 radical (unpaired) electrons. The highest BCUT2D eigenvalue weighted by Gasteiger charge is 2.15. The fourth-order valence-corrected chi connectivity index (χ4v) is 2.31. The molecule has 7 nitrogen and oxygen atoms in total. The molecule has 0 atom stereocenters. The number of amides is 1. The van der Waals surface area contributed by atoms with Crippen LogP contribution in [0.2, 0.25) is 0 Å². The van der Waals surface area contributed by atoms with Crippen molar-refractivity contribution < 1.29 is 19.4 Å². The number of rotatable bonds is 7. The quantitative estimate of drug-likeness (QED) is 0.752. The van der Waals surface area contributed by atoms with Crippen molar-refractivity contribution in [2.75, 3.05) is 19.8 Å². The summed E-state index contributed by atoms with van der Waals surface area (Å²) in [6.07, 6.45) is 1.53. The Morgan fingerprint density at radius 3 is 2.75 bits per heavy atom. The summed E-state index contributed by atoms with van der Waals surface area (Å²) >= 11 is 0. The van der Waals surface area contributed by atoms with Crippen LogP contribution < -0.4 is 5.32 Å². The number of aromatic nitrogens is 2. The van der Waals surface area contributed by atoms with Crippen molar-refractivity contribution in [3.8, 4) is 5.69 Å². The molecule has 2 aromatic rings. The Kier molecular flexibility index (Phi) is 5.70. The lowest BCUT2D eigenvalue weighted by Crippen LogP contribution is -2.28. The van der Waals surface area contributed by atoms with E-state index in [-0.39, 0.29) is 25.7 Å². The van der Waals surface area contributed by atoms with Crippen LogP contribution in [0.4, 0.5) is 0 Å². The molecule has 0 fully saturated rings. The minimum atomic E-state index is -1.04. The second kappa shape index (κ2) is 7.74. The molecular weight excluding hydrogens is 310 g/mol. The summed E-state index contributed by atoms with van der Waals surface area (Å²) in [6.45, 7) is 5.84. The molecular formula is C17H21N3O4. The summed E-state index contributed by atoms with van der Waals surface area (Å²) in [5.74, 6) is -1.30. The van der Waals surface area contributed by atoms with Crippen molar-refractivity contribution in [1.82, 2.24) is 15.1 Å². The number of benzene rings is 1. The van der Waals surface area contributed by atoms with Crippen LogP contribution in [0.1, 0.15) is 27.2 Å². The largest absolute Gasteiger partial charge is 0.480 e. The molecule has 7 heteroatoms. The van der Waals surface area contributed by atoms with Crippen molar-refractivity contribution in [2.24, 2.45) is 0 Å². The zero-order valence-electron chi connectivity index (χ0n) is 14.0. The first kappa shape index (κ1) is 17.7. The van der Waals surface area contributed by atoms with Gasteiger partial charge in [0.1, 0.15) is 6.61 Å². The van der Waals surface area contributed by atoms with E-state index in [0.29, 0.717) is 5.56 Å². The lowest BCUT2D eigenvalue weighted by Gasteiger charge is -2.10. The molecule has 0 aliphatic heterocycles. The monoisotopic (exact) mass is 331 g/mol. The topological polar surface area (TPSA) is 93.5 Å².